The SMILES string of the molecule is NC1=[N+](NS(=O)(=O)c2ccccc2)Cc2ccccc21. The average Bonchev–Trinajstić information content (AvgIpc) is 2.76. The molecule has 20 heavy (non-hydrogen) atoms. The van der Waals surface area contributed by atoms with Crippen molar-refractivity contribution in [3.8, 4) is 0 Å². The van der Waals surface area contributed by atoms with Crippen molar-refractivity contribution >= 4 is 15.9 Å². The number of nitrogens with zero attached hydrogens (tertiary/aromatic N) is 1. The van der Waals surface area contributed by atoms with Crippen molar-refractivity contribution in [3.63, 3.8) is 0 Å². The average molecular weight is 288 g/mol. The van der Waals surface area contributed by atoms with Crippen LogP contribution in [-0.4, -0.2) is 18.9 Å². The summed E-state index contributed by atoms with van der Waals surface area (Å²) in [7, 11) is -3.62. The highest BCUT2D eigenvalue weighted by Gasteiger charge is 2.28. The maximum Gasteiger partial charge on any atom is 0.299 e. The van der Waals surface area contributed by atoms with Gasteiger partial charge < -0.3 is 0 Å². The number of hydrogen-bond acceptors (Lipinski definition) is 3. The van der Waals surface area contributed by atoms with E-state index in [0.717, 1.165) is 11.1 Å². The third-order valence-corrected chi connectivity index (χ3v) is 4.55. The second-order valence-electron chi connectivity index (χ2n) is 4.54. The highest BCUT2D eigenvalue weighted by Crippen LogP contribution is 2.16. The zero-order chi connectivity index (χ0) is 14.2. The van der Waals surface area contributed by atoms with Crippen molar-refractivity contribution < 1.29 is 13.1 Å². The van der Waals surface area contributed by atoms with Crippen LogP contribution in [0, 0.1) is 0 Å². The molecule has 0 unspecified atom stereocenters. The molecule has 0 saturated heterocycles. The van der Waals surface area contributed by atoms with Gasteiger partial charge in [0.05, 0.1) is 10.5 Å². The molecule has 3 N–H and O–H groups in total. The van der Waals surface area contributed by atoms with Crippen LogP contribution in [-0.2, 0) is 16.6 Å². The molecule has 102 valence electrons. The number of hydrazine groups is 1. The Balaban J connectivity index is 1.93. The van der Waals surface area contributed by atoms with Gasteiger partial charge in [-0.15, -0.1) is 9.52 Å². The second-order valence-corrected chi connectivity index (χ2v) is 6.20. The molecule has 0 radical (unpaired) electrons. The number of rotatable bonds is 3. The van der Waals surface area contributed by atoms with Crippen LogP contribution >= 0.6 is 0 Å². The minimum absolute atomic E-state index is 0.212. The first-order valence-electron chi connectivity index (χ1n) is 6.14. The fraction of sp³-hybridized carbons (Fsp3) is 0.0714. The Labute approximate surface area is 117 Å². The Bertz CT molecular complexity index is 783. The van der Waals surface area contributed by atoms with Gasteiger partial charge in [0.1, 0.15) is 6.54 Å². The number of sulfonamides is 1. The van der Waals surface area contributed by atoms with Gasteiger partial charge in [-0.25, -0.2) is 0 Å². The molecular formula is C14H14N3O2S+. The van der Waals surface area contributed by atoms with Crippen LogP contribution in [0.1, 0.15) is 11.1 Å². The summed E-state index contributed by atoms with van der Waals surface area (Å²) in [5, 5.41) is 0. The van der Waals surface area contributed by atoms with Crippen LogP contribution in [0.25, 0.3) is 0 Å². The topological polar surface area (TPSA) is 75.2 Å². The second kappa shape index (κ2) is 4.64. The van der Waals surface area contributed by atoms with Gasteiger partial charge >= 0.3 is 0 Å². The Morgan fingerprint density at radius 3 is 2.35 bits per heavy atom. The Hall–Kier alpha value is -2.34. The summed E-state index contributed by atoms with van der Waals surface area (Å²) in [5.41, 5.74) is 7.86. The van der Waals surface area contributed by atoms with Gasteiger partial charge in [-0.3, -0.25) is 5.73 Å². The standard InChI is InChI=1S/C14H13N3O2S/c15-14-13-9-5-4-6-11(13)10-17(14)16-20(18,19)12-7-2-1-3-8-12/h1-9,15-16H,10H2/p+1. The molecule has 1 aliphatic rings. The van der Waals surface area contributed by atoms with E-state index in [1.54, 1.807) is 30.3 Å². The maximum atomic E-state index is 12.3. The largest absolute Gasteiger partial charge is 0.299 e. The third kappa shape index (κ3) is 2.14. The summed E-state index contributed by atoms with van der Waals surface area (Å²) in [6.45, 7) is 0.425. The first kappa shape index (κ1) is 12.7. The number of fused-ring (bicyclic) bond motifs is 1. The van der Waals surface area contributed by atoms with Crippen molar-refractivity contribution in [2.24, 2.45) is 5.73 Å². The number of nitrogens with two attached hydrogens (primary N) is 1. The molecule has 0 saturated carbocycles. The van der Waals surface area contributed by atoms with E-state index >= 15 is 0 Å². The van der Waals surface area contributed by atoms with Crippen molar-refractivity contribution in [1.82, 2.24) is 4.83 Å². The van der Waals surface area contributed by atoms with Gasteiger partial charge in [0, 0.05) is 5.56 Å². The summed E-state index contributed by atoms with van der Waals surface area (Å²) < 4.78 is 26.0. The normalized spacial score (nSPS) is 14.2. The third-order valence-electron chi connectivity index (χ3n) is 3.20. The van der Waals surface area contributed by atoms with E-state index in [0.29, 0.717) is 12.4 Å². The molecule has 0 spiro atoms. The van der Waals surface area contributed by atoms with Crippen molar-refractivity contribution in [3.05, 3.63) is 65.7 Å². The number of amidine groups is 1. The van der Waals surface area contributed by atoms with E-state index in [1.807, 2.05) is 24.3 Å². The zero-order valence-corrected chi connectivity index (χ0v) is 11.5. The molecule has 2 aromatic rings. The Morgan fingerprint density at radius 2 is 1.65 bits per heavy atom. The van der Waals surface area contributed by atoms with Gasteiger partial charge in [-0.2, -0.15) is 8.42 Å². The van der Waals surface area contributed by atoms with E-state index < -0.39 is 10.0 Å². The molecule has 3 rings (SSSR count). The number of benzene rings is 2. The van der Waals surface area contributed by atoms with Gasteiger partial charge in [0.15, 0.2) is 0 Å². The van der Waals surface area contributed by atoms with Crippen LogP contribution in [0.5, 0.6) is 0 Å². The van der Waals surface area contributed by atoms with Gasteiger partial charge in [0.25, 0.3) is 15.9 Å². The highest BCUT2D eigenvalue weighted by atomic mass is 32.2. The fourth-order valence-electron chi connectivity index (χ4n) is 2.19. The first-order valence-corrected chi connectivity index (χ1v) is 7.62. The summed E-state index contributed by atoms with van der Waals surface area (Å²) >= 11 is 0. The number of nitrogens with one attached hydrogen (secondary N) is 1. The lowest BCUT2D eigenvalue weighted by molar-refractivity contribution is -0.576. The molecule has 0 amide bonds. The van der Waals surface area contributed by atoms with Crippen molar-refractivity contribution in [2.45, 2.75) is 11.4 Å². The van der Waals surface area contributed by atoms with E-state index in [2.05, 4.69) is 4.83 Å². The number of hydrogen-bond donors (Lipinski definition) is 2. The molecule has 0 aliphatic carbocycles. The van der Waals surface area contributed by atoms with Crippen LogP contribution < -0.4 is 10.6 Å². The minimum atomic E-state index is -3.62. The maximum absolute atomic E-state index is 12.3. The monoisotopic (exact) mass is 288 g/mol. The molecule has 0 atom stereocenters. The molecule has 0 aromatic heterocycles. The van der Waals surface area contributed by atoms with Gasteiger partial charge in [-0.05, 0) is 18.2 Å². The fourth-order valence-corrected chi connectivity index (χ4v) is 3.26. The lowest BCUT2D eigenvalue weighted by atomic mass is 10.1. The van der Waals surface area contributed by atoms with Crippen molar-refractivity contribution in [1.29, 1.82) is 0 Å². The van der Waals surface area contributed by atoms with Gasteiger partial charge in [0.2, 0.25) is 0 Å². The quantitative estimate of drug-likeness (QED) is 0.821. The molecule has 1 aliphatic heterocycles. The highest BCUT2D eigenvalue weighted by molar-refractivity contribution is 7.89. The predicted molar refractivity (Wildman–Crippen MR) is 75.5 cm³/mol. The molecule has 0 bridgehead atoms. The van der Waals surface area contributed by atoms with Gasteiger partial charge in [-0.1, -0.05) is 36.4 Å². The first-order chi connectivity index (χ1) is 9.58. The molecule has 2 aromatic carbocycles. The molecule has 6 heteroatoms. The summed E-state index contributed by atoms with van der Waals surface area (Å²) in [5.74, 6) is 0.417. The van der Waals surface area contributed by atoms with Crippen LogP contribution in [0.3, 0.4) is 0 Å². The lowest BCUT2D eigenvalue weighted by Gasteiger charge is -2.07. The minimum Gasteiger partial charge on any atom is -0.285 e. The van der Waals surface area contributed by atoms with E-state index in [4.69, 9.17) is 5.73 Å². The molecule has 5 nitrogen and oxygen atoms in total. The van der Waals surface area contributed by atoms with E-state index in [9.17, 15) is 8.42 Å². The smallest absolute Gasteiger partial charge is 0.285 e. The van der Waals surface area contributed by atoms with E-state index in [-0.39, 0.29) is 4.90 Å². The summed E-state index contributed by atoms with van der Waals surface area (Å²) in [4.78, 5) is 2.72. The van der Waals surface area contributed by atoms with E-state index in [1.165, 1.54) is 4.68 Å². The zero-order valence-electron chi connectivity index (χ0n) is 10.7. The number of hydrazone groups is 1. The van der Waals surface area contributed by atoms with Crippen LogP contribution in [0.4, 0.5) is 0 Å². The Morgan fingerprint density at radius 1 is 1.00 bits per heavy atom. The summed E-state index contributed by atoms with van der Waals surface area (Å²) in [6.07, 6.45) is 0. The lowest BCUT2D eigenvalue weighted by Crippen LogP contribution is -2.38. The van der Waals surface area contributed by atoms with Crippen molar-refractivity contribution in [2.75, 3.05) is 0 Å². The molecular weight excluding hydrogens is 274 g/mol. The molecule has 1 heterocycles. The van der Waals surface area contributed by atoms with Crippen LogP contribution in [0.2, 0.25) is 0 Å². The Kier molecular flexibility index (Phi) is 2.94. The van der Waals surface area contributed by atoms with Crippen LogP contribution in [0.15, 0.2) is 59.5 Å². The summed E-state index contributed by atoms with van der Waals surface area (Å²) in [6, 6.07) is 15.8. The molecule has 0 fully saturated rings. The predicted octanol–water partition coefficient (Wildman–Crippen LogP) is 0.812.